The molecular weight excluding hydrogens is 204 g/mol. The second-order valence-corrected chi connectivity index (χ2v) is 3.34. The summed E-state index contributed by atoms with van der Waals surface area (Å²) in [6, 6.07) is 0. The van der Waals surface area contributed by atoms with Gasteiger partial charge >= 0.3 is 0 Å². The minimum absolute atomic E-state index is 0.129. The molecule has 0 spiro atoms. The summed E-state index contributed by atoms with van der Waals surface area (Å²) in [6.07, 6.45) is 0. The lowest BCUT2D eigenvalue weighted by atomic mass is 10.1. The second-order valence-electron chi connectivity index (χ2n) is 3.34. The number of nitrogens with two attached hydrogens (primary N) is 1. The number of nitrogen functional groups attached to an aromatic ring is 1. The summed E-state index contributed by atoms with van der Waals surface area (Å²) >= 11 is 0. The summed E-state index contributed by atoms with van der Waals surface area (Å²) in [7, 11) is 0. The highest BCUT2D eigenvalue weighted by molar-refractivity contribution is 5.95. The lowest BCUT2D eigenvalue weighted by Crippen LogP contribution is -2.43. The molecule has 0 aliphatic heterocycles. The van der Waals surface area contributed by atoms with Gasteiger partial charge in [-0.3, -0.25) is 4.79 Å². The zero-order valence-corrected chi connectivity index (χ0v) is 8.10. The number of aliphatic hydroxyl groups excluding tert-OH is 1. The van der Waals surface area contributed by atoms with E-state index in [1.807, 2.05) is 0 Å². The van der Waals surface area contributed by atoms with E-state index in [-0.39, 0.29) is 18.1 Å². The zero-order chi connectivity index (χ0) is 11.5. The number of aromatic nitrogens is 2. The standard InChI is InChI=1S/C7H12N4O4/c1-7(14,3-12)2-9-6(13)4-5(8)11-15-10-4/h12,14H,2-3H2,1H3,(H2,8,11)(H,9,13). The summed E-state index contributed by atoms with van der Waals surface area (Å²) in [5, 5.41) is 26.9. The van der Waals surface area contributed by atoms with Gasteiger partial charge in [-0.2, -0.15) is 0 Å². The van der Waals surface area contributed by atoms with Crippen LogP contribution in [0.5, 0.6) is 0 Å². The quantitative estimate of drug-likeness (QED) is 0.462. The number of nitrogens with one attached hydrogen (secondary N) is 1. The molecule has 0 aliphatic carbocycles. The Hall–Kier alpha value is -1.67. The van der Waals surface area contributed by atoms with E-state index in [1.54, 1.807) is 0 Å². The summed E-state index contributed by atoms with van der Waals surface area (Å²) in [5.74, 6) is -0.751. The first kappa shape index (κ1) is 11.4. The van der Waals surface area contributed by atoms with Crippen LogP contribution in [0.3, 0.4) is 0 Å². The Morgan fingerprint density at radius 2 is 2.33 bits per heavy atom. The van der Waals surface area contributed by atoms with E-state index in [1.165, 1.54) is 6.92 Å². The second kappa shape index (κ2) is 4.24. The number of nitrogens with zero attached hydrogens (tertiary/aromatic N) is 2. The molecule has 0 saturated carbocycles. The van der Waals surface area contributed by atoms with Gasteiger partial charge in [0.15, 0.2) is 0 Å². The maximum atomic E-state index is 11.3. The van der Waals surface area contributed by atoms with Gasteiger partial charge in [-0.25, -0.2) is 4.63 Å². The number of amides is 1. The van der Waals surface area contributed by atoms with Gasteiger partial charge in [0.25, 0.3) is 5.91 Å². The van der Waals surface area contributed by atoms with Crippen molar-refractivity contribution in [2.24, 2.45) is 0 Å². The van der Waals surface area contributed by atoms with Gasteiger partial charge in [-0.1, -0.05) is 0 Å². The molecule has 5 N–H and O–H groups in total. The average Bonchev–Trinajstić information content (AvgIpc) is 2.61. The highest BCUT2D eigenvalue weighted by atomic mass is 16.6. The van der Waals surface area contributed by atoms with Crippen LogP contribution in [0, 0.1) is 0 Å². The van der Waals surface area contributed by atoms with Gasteiger partial charge in [0, 0.05) is 6.54 Å². The molecular formula is C7H12N4O4. The fraction of sp³-hybridized carbons (Fsp3) is 0.571. The molecule has 0 aromatic carbocycles. The predicted molar refractivity (Wildman–Crippen MR) is 48.8 cm³/mol. The lowest BCUT2D eigenvalue weighted by molar-refractivity contribution is 0.00313. The lowest BCUT2D eigenvalue weighted by Gasteiger charge is -2.19. The highest BCUT2D eigenvalue weighted by Gasteiger charge is 2.22. The molecule has 8 heteroatoms. The molecule has 1 heterocycles. The summed E-state index contributed by atoms with van der Waals surface area (Å²) in [6.45, 7) is 0.770. The largest absolute Gasteiger partial charge is 0.393 e. The van der Waals surface area contributed by atoms with Gasteiger partial charge in [0.05, 0.1) is 6.61 Å². The van der Waals surface area contributed by atoms with E-state index >= 15 is 0 Å². The molecule has 15 heavy (non-hydrogen) atoms. The molecule has 1 amide bonds. The monoisotopic (exact) mass is 216 g/mol. The van der Waals surface area contributed by atoms with Crippen molar-refractivity contribution in [1.82, 2.24) is 15.6 Å². The predicted octanol–water partition coefficient (Wildman–Crippen LogP) is -1.88. The Kier molecular flexibility index (Phi) is 3.22. The van der Waals surface area contributed by atoms with Crippen LogP contribution in [0.2, 0.25) is 0 Å². The Balaban J connectivity index is 2.55. The first-order valence-electron chi connectivity index (χ1n) is 4.16. The Morgan fingerprint density at radius 3 is 2.80 bits per heavy atom. The smallest absolute Gasteiger partial charge is 0.277 e. The van der Waals surface area contributed by atoms with Crippen molar-refractivity contribution in [2.45, 2.75) is 12.5 Å². The van der Waals surface area contributed by atoms with E-state index < -0.39 is 18.1 Å². The van der Waals surface area contributed by atoms with Gasteiger partial charge in [0.2, 0.25) is 11.5 Å². The van der Waals surface area contributed by atoms with Crippen LogP contribution < -0.4 is 11.1 Å². The number of carbonyl (C=O) groups excluding carboxylic acids is 1. The third-order valence-corrected chi connectivity index (χ3v) is 1.70. The number of aliphatic hydroxyl groups is 2. The van der Waals surface area contributed by atoms with E-state index in [0.717, 1.165) is 0 Å². The summed E-state index contributed by atoms with van der Waals surface area (Å²) in [5.41, 5.74) is 3.74. The normalized spacial score (nSPS) is 14.6. The molecule has 1 rings (SSSR count). The van der Waals surface area contributed by atoms with E-state index in [2.05, 4.69) is 20.3 Å². The number of carbonyl (C=O) groups is 1. The van der Waals surface area contributed by atoms with Gasteiger partial charge in [-0.05, 0) is 17.2 Å². The van der Waals surface area contributed by atoms with Gasteiger partial charge in [-0.15, -0.1) is 0 Å². The average molecular weight is 216 g/mol. The SMILES string of the molecule is CC(O)(CO)CNC(=O)c1nonc1N. The molecule has 1 aromatic rings. The number of anilines is 1. The van der Waals surface area contributed by atoms with Crippen molar-refractivity contribution in [2.75, 3.05) is 18.9 Å². The molecule has 0 fully saturated rings. The molecule has 1 unspecified atom stereocenters. The van der Waals surface area contributed by atoms with Gasteiger partial charge in [0.1, 0.15) is 5.60 Å². The topological polar surface area (TPSA) is 134 Å². The summed E-state index contributed by atoms with van der Waals surface area (Å²) < 4.78 is 4.23. The van der Waals surface area contributed by atoms with Crippen molar-refractivity contribution in [3.05, 3.63) is 5.69 Å². The van der Waals surface area contributed by atoms with Crippen molar-refractivity contribution in [3.8, 4) is 0 Å². The minimum atomic E-state index is -1.39. The molecule has 8 nitrogen and oxygen atoms in total. The molecule has 0 bridgehead atoms. The Bertz CT molecular complexity index is 349. The third kappa shape index (κ3) is 2.89. The van der Waals surface area contributed by atoms with Crippen LogP contribution >= 0.6 is 0 Å². The highest BCUT2D eigenvalue weighted by Crippen LogP contribution is 2.04. The fourth-order valence-corrected chi connectivity index (χ4v) is 0.763. The Morgan fingerprint density at radius 1 is 1.67 bits per heavy atom. The van der Waals surface area contributed by atoms with Gasteiger partial charge < -0.3 is 21.3 Å². The number of rotatable bonds is 4. The van der Waals surface area contributed by atoms with Crippen LogP contribution in [0.25, 0.3) is 0 Å². The zero-order valence-electron chi connectivity index (χ0n) is 8.10. The molecule has 0 saturated heterocycles. The minimum Gasteiger partial charge on any atom is -0.393 e. The van der Waals surface area contributed by atoms with Crippen molar-refractivity contribution < 1.29 is 19.6 Å². The third-order valence-electron chi connectivity index (χ3n) is 1.70. The van der Waals surface area contributed by atoms with Crippen LogP contribution in [-0.4, -0.2) is 45.2 Å². The van der Waals surface area contributed by atoms with Crippen LogP contribution in [-0.2, 0) is 0 Å². The molecule has 84 valence electrons. The van der Waals surface area contributed by atoms with Crippen LogP contribution in [0.1, 0.15) is 17.4 Å². The first-order valence-corrected chi connectivity index (χ1v) is 4.16. The van der Waals surface area contributed by atoms with Crippen molar-refractivity contribution in [1.29, 1.82) is 0 Å². The van der Waals surface area contributed by atoms with E-state index in [4.69, 9.17) is 10.8 Å². The molecule has 1 atom stereocenters. The maximum Gasteiger partial charge on any atom is 0.277 e. The summed E-state index contributed by atoms with van der Waals surface area (Å²) in [4.78, 5) is 11.3. The Labute approximate surface area is 85.0 Å². The van der Waals surface area contributed by atoms with E-state index in [0.29, 0.717) is 0 Å². The maximum absolute atomic E-state index is 11.3. The van der Waals surface area contributed by atoms with E-state index in [9.17, 15) is 9.90 Å². The number of hydrogen-bond acceptors (Lipinski definition) is 7. The van der Waals surface area contributed by atoms with Crippen molar-refractivity contribution in [3.63, 3.8) is 0 Å². The van der Waals surface area contributed by atoms with Crippen LogP contribution in [0.4, 0.5) is 5.82 Å². The van der Waals surface area contributed by atoms with Crippen molar-refractivity contribution >= 4 is 11.7 Å². The first-order chi connectivity index (χ1) is 6.96. The molecule has 1 aromatic heterocycles. The van der Waals surface area contributed by atoms with Crippen LogP contribution in [0.15, 0.2) is 4.63 Å². The molecule has 0 aliphatic rings. The number of hydrogen-bond donors (Lipinski definition) is 4. The fourth-order valence-electron chi connectivity index (χ4n) is 0.763. The molecule has 0 radical (unpaired) electrons.